The van der Waals surface area contributed by atoms with E-state index in [0.717, 1.165) is 38.5 Å². The maximum absolute atomic E-state index is 12.9. The molecule has 8 atom stereocenters. The van der Waals surface area contributed by atoms with Gasteiger partial charge in [-0.25, -0.2) is 0 Å². The van der Waals surface area contributed by atoms with Gasteiger partial charge in [-0.15, -0.1) is 0 Å². The molecular formula is C24H32O5. The summed E-state index contributed by atoms with van der Waals surface area (Å²) in [6, 6.07) is 0. The number of carboxylic acid groups (broad SMARTS) is 1. The van der Waals surface area contributed by atoms with Crippen molar-refractivity contribution < 1.29 is 24.2 Å². The summed E-state index contributed by atoms with van der Waals surface area (Å²) < 4.78 is 5.20. The summed E-state index contributed by atoms with van der Waals surface area (Å²) in [5.74, 6) is -1.33. The summed E-state index contributed by atoms with van der Waals surface area (Å²) in [5.41, 5.74) is 0.122. The molecule has 3 saturated carbocycles. The Morgan fingerprint density at radius 1 is 1.14 bits per heavy atom. The first-order chi connectivity index (χ1) is 13.6. The predicted octanol–water partition coefficient (Wildman–Crippen LogP) is 4.21. The minimum atomic E-state index is -0.707. The molecule has 5 nitrogen and oxygen atoms in total. The average Bonchev–Trinajstić information content (AvgIpc) is 2.97. The van der Waals surface area contributed by atoms with E-state index < -0.39 is 11.4 Å². The number of carbonyl (C=O) groups excluding carboxylic acids is 2. The van der Waals surface area contributed by atoms with E-state index in [9.17, 15) is 19.5 Å². The monoisotopic (exact) mass is 400 g/mol. The van der Waals surface area contributed by atoms with Crippen molar-refractivity contribution >= 4 is 17.9 Å². The molecule has 5 aliphatic carbocycles. The van der Waals surface area contributed by atoms with Crippen LogP contribution in [0.4, 0.5) is 0 Å². The summed E-state index contributed by atoms with van der Waals surface area (Å²) >= 11 is 0. The first kappa shape index (κ1) is 19.3. The number of aliphatic carboxylic acids is 1. The molecule has 0 aromatic heterocycles. The van der Waals surface area contributed by atoms with Gasteiger partial charge in [0.15, 0.2) is 0 Å². The molecule has 1 heterocycles. The molecule has 0 unspecified atom stereocenters. The van der Waals surface area contributed by atoms with Crippen molar-refractivity contribution in [2.24, 2.45) is 51.8 Å². The summed E-state index contributed by atoms with van der Waals surface area (Å²) in [6.07, 6.45) is 7.48. The van der Waals surface area contributed by atoms with Crippen LogP contribution in [-0.2, 0) is 19.1 Å². The van der Waals surface area contributed by atoms with Gasteiger partial charge in [0.25, 0.3) is 0 Å². The van der Waals surface area contributed by atoms with Crippen molar-refractivity contribution in [1.82, 2.24) is 0 Å². The molecule has 1 N–H and O–H groups in total. The van der Waals surface area contributed by atoms with E-state index in [-0.39, 0.29) is 52.4 Å². The van der Waals surface area contributed by atoms with E-state index >= 15 is 0 Å². The van der Waals surface area contributed by atoms with Crippen LogP contribution in [0.15, 0.2) is 11.6 Å². The fraction of sp³-hybridized carbons (Fsp3) is 0.792. The van der Waals surface area contributed by atoms with E-state index in [1.807, 2.05) is 6.92 Å². The molecule has 29 heavy (non-hydrogen) atoms. The zero-order valence-corrected chi connectivity index (χ0v) is 17.9. The maximum Gasteiger partial charge on any atom is 0.318 e. The van der Waals surface area contributed by atoms with Crippen LogP contribution in [-0.4, -0.2) is 23.0 Å². The Balaban J connectivity index is 1.67. The molecule has 6 rings (SSSR count). The van der Waals surface area contributed by atoms with Gasteiger partial charge in [0.1, 0.15) is 0 Å². The van der Waals surface area contributed by atoms with Crippen LogP contribution >= 0.6 is 0 Å². The van der Waals surface area contributed by atoms with Gasteiger partial charge >= 0.3 is 17.9 Å². The highest BCUT2D eigenvalue weighted by Gasteiger charge is 2.73. The molecule has 4 fully saturated rings. The number of fused-ring (bicyclic) bond motifs is 1. The van der Waals surface area contributed by atoms with Crippen molar-refractivity contribution in [2.75, 3.05) is 0 Å². The van der Waals surface area contributed by atoms with Gasteiger partial charge in [0, 0.05) is 5.41 Å². The fourth-order valence-corrected chi connectivity index (χ4v) is 8.76. The van der Waals surface area contributed by atoms with Gasteiger partial charge in [-0.1, -0.05) is 38.8 Å². The van der Waals surface area contributed by atoms with Gasteiger partial charge in [-0.05, 0) is 68.1 Å². The third-order valence-electron chi connectivity index (χ3n) is 9.89. The fourth-order valence-electron chi connectivity index (χ4n) is 8.76. The average molecular weight is 401 g/mol. The molecular weight excluding hydrogens is 368 g/mol. The summed E-state index contributed by atoms with van der Waals surface area (Å²) in [7, 11) is 0. The SMILES string of the molecule is CC(C)C1=C[C@]23CC[C@H]4[C@](C)(CCC[C@@]4(C)C(=O)O)[C@@H]2C[C@@H]1[C@H]1C(=O)OC(=O)[C@@H]13. The lowest BCUT2D eigenvalue weighted by Crippen LogP contribution is -2.65. The Labute approximate surface area is 172 Å². The Hall–Kier alpha value is -1.65. The Morgan fingerprint density at radius 2 is 1.86 bits per heavy atom. The normalized spacial score (nSPS) is 50.5. The molecule has 0 aromatic carbocycles. The summed E-state index contributed by atoms with van der Waals surface area (Å²) in [4.78, 5) is 37.8. The molecule has 2 bridgehead atoms. The summed E-state index contributed by atoms with van der Waals surface area (Å²) in [6.45, 7) is 8.56. The molecule has 5 heteroatoms. The smallest absolute Gasteiger partial charge is 0.318 e. The number of esters is 2. The van der Waals surface area contributed by atoms with E-state index in [2.05, 4.69) is 26.8 Å². The first-order valence-corrected chi connectivity index (χ1v) is 11.3. The van der Waals surface area contributed by atoms with Crippen molar-refractivity contribution in [3.63, 3.8) is 0 Å². The Morgan fingerprint density at radius 3 is 2.52 bits per heavy atom. The lowest BCUT2D eigenvalue weighted by molar-refractivity contribution is -0.195. The van der Waals surface area contributed by atoms with Crippen LogP contribution in [0.2, 0.25) is 0 Å². The number of allylic oxidation sites excluding steroid dienone is 2. The van der Waals surface area contributed by atoms with E-state index in [4.69, 9.17) is 4.74 Å². The second-order valence-corrected chi connectivity index (χ2v) is 11.2. The Kier molecular flexibility index (Phi) is 3.82. The standard InChI is InChI=1S/C24H32O5/c1-12(2)14-11-24-9-6-15-22(3,7-5-8-23(15,4)21(27)28)16(24)10-13(14)17-18(24)20(26)29-19(17)25/h11-13,15-18H,5-10H2,1-4H3,(H,27,28)/t13-,15-,16-,17+,18+,22-,23+,24+/m0/s1. The van der Waals surface area contributed by atoms with Gasteiger partial charge in [0.05, 0.1) is 17.3 Å². The van der Waals surface area contributed by atoms with Gasteiger partial charge in [-0.3, -0.25) is 14.4 Å². The molecule has 0 aromatic rings. The topological polar surface area (TPSA) is 80.7 Å². The molecule has 0 radical (unpaired) electrons. The van der Waals surface area contributed by atoms with Crippen LogP contribution in [0, 0.1) is 51.8 Å². The van der Waals surface area contributed by atoms with Crippen molar-refractivity contribution in [3.8, 4) is 0 Å². The summed E-state index contributed by atoms with van der Waals surface area (Å²) in [5, 5.41) is 10.1. The molecule has 1 spiro atoms. The first-order valence-electron chi connectivity index (χ1n) is 11.3. The molecule has 1 saturated heterocycles. The largest absolute Gasteiger partial charge is 0.481 e. The van der Waals surface area contributed by atoms with Crippen molar-refractivity contribution in [3.05, 3.63) is 11.6 Å². The number of cyclic esters (lactones) is 2. The quantitative estimate of drug-likeness (QED) is 0.427. The number of hydrogen-bond donors (Lipinski definition) is 1. The third-order valence-corrected chi connectivity index (χ3v) is 9.89. The zero-order valence-electron chi connectivity index (χ0n) is 17.9. The zero-order chi connectivity index (χ0) is 20.9. The van der Waals surface area contributed by atoms with Crippen LogP contribution in [0.25, 0.3) is 0 Å². The van der Waals surface area contributed by atoms with E-state index in [0.29, 0.717) is 5.92 Å². The molecule has 158 valence electrons. The van der Waals surface area contributed by atoms with Crippen LogP contribution in [0.3, 0.4) is 0 Å². The van der Waals surface area contributed by atoms with Crippen LogP contribution < -0.4 is 0 Å². The van der Waals surface area contributed by atoms with Crippen LogP contribution in [0.1, 0.15) is 66.2 Å². The van der Waals surface area contributed by atoms with Gasteiger partial charge in [-0.2, -0.15) is 0 Å². The minimum Gasteiger partial charge on any atom is -0.481 e. The highest BCUT2D eigenvalue weighted by atomic mass is 16.6. The number of carboxylic acids is 1. The minimum absolute atomic E-state index is 0.0550. The number of ether oxygens (including phenoxy) is 1. The van der Waals surface area contributed by atoms with E-state index in [1.165, 1.54) is 5.57 Å². The molecule has 1 aliphatic heterocycles. The Bertz CT molecular complexity index is 842. The highest BCUT2D eigenvalue weighted by molar-refractivity contribution is 5.98. The molecule has 6 aliphatic rings. The molecule has 0 amide bonds. The number of rotatable bonds is 2. The van der Waals surface area contributed by atoms with Gasteiger partial charge in [0.2, 0.25) is 0 Å². The number of carbonyl (C=O) groups is 3. The van der Waals surface area contributed by atoms with Crippen molar-refractivity contribution in [1.29, 1.82) is 0 Å². The van der Waals surface area contributed by atoms with E-state index in [1.54, 1.807) is 0 Å². The number of hydrogen-bond acceptors (Lipinski definition) is 4. The highest BCUT2D eigenvalue weighted by Crippen LogP contribution is 2.74. The third kappa shape index (κ3) is 2.14. The second-order valence-electron chi connectivity index (χ2n) is 11.2. The second kappa shape index (κ2) is 5.73. The maximum atomic E-state index is 12.9. The van der Waals surface area contributed by atoms with Crippen molar-refractivity contribution in [2.45, 2.75) is 66.2 Å². The predicted molar refractivity (Wildman–Crippen MR) is 105 cm³/mol. The lowest BCUT2D eigenvalue weighted by atomic mass is 9.34. The van der Waals surface area contributed by atoms with Gasteiger partial charge < -0.3 is 9.84 Å². The van der Waals surface area contributed by atoms with Crippen LogP contribution in [0.5, 0.6) is 0 Å². The lowest BCUT2D eigenvalue weighted by Gasteiger charge is -2.68.